The van der Waals surface area contributed by atoms with Crippen molar-refractivity contribution < 1.29 is 9.47 Å². The first-order chi connectivity index (χ1) is 7.36. The first-order valence-corrected chi connectivity index (χ1v) is 6.25. The van der Waals surface area contributed by atoms with Crippen molar-refractivity contribution in [1.82, 2.24) is 4.90 Å². The second-order valence-electron chi connectivity index (χ2n) is 4.07. The van der Waals surface area contributed by atoms with Gasteiger partial charge in [-0.2, -0.15) is 0 Å². The predicted molar refractivity (Wildman–Crippen MR) is 62.6 cm³/mol. The molecule has 15 heavy (non-hydrogen) atoms. The van der Waals surface area contributed by atoms with Gasteiger partial charge in [-0.15, -0.1) is 11.6 Å². The molecule has 0 radical (unpaired) electrons. The number of likely N-dealkylation sites (tertiary alicyclic amines) is 1. The van der Waals surface area contributed by atoms with Crippen LogP contribution in [0.3, 0.4) is 0 Å². The van der Waals surface area contributed by atoms with Crippen LogP contribution in [-0.2, 0) is 9.47 Å². The third-order valence-electron chi connectivity index (χ3n) is 2.78. The second-order valence-corrected chi connectivity index (χ2v) is 4.38. The minimum atomic E-state index is 0.695. The van der Waals surface area contributed by atoms with E-state index in [0.717, 1.165) is 45.2 Å². The van der Waals surface area contributed by atoms with Gasteiger partial charge in [0.2, 0.25) is 0 Å². The monoisotopic (exact) mass is 235 g/mol. The number of nitrogens with zero attached hydrogens (tertiary/aromatic N) is 1. The van der Waals surface area contributed by atoms with E-state index in [1.54, 1.807) is 7.11 Å². The van der Waals surface area contributed by atoms with E-state index in [9.17, 15) is 0 Å². The molecule has 0 saturated carbocycles. The van der Waals surface area contributed by atoms with Crippen molar-refractivity contribution in [2.45, 2.75) is 12.8 Å². The van der Waals surface area contributed by atoms with Gasteiger partial charge < -0.3 is 14.4 Å². The molecule has 0 aromatic rings. The molecule has 0 spiro atoms. The van der Waals surface area contributed by atoms with E-state index in [4.69, 9.17) is 21.1 Å². The third kappa shape index (κ3) is 5.71. The summed E-state index contributed by atoms with van der Waals surface area (Å²) in [6.45, 7) is 5.79. The molecule has 0 N–H and O–H groups in total. The van der Waals surface area contributed by atoms with Crippen LogP contribution in [0.5, 0.6) is 0 Å². The van der Waals surface area contributed by atoms with E-state index >= 15 is 0 Å². The molecule has 1 aliphatic heterocycles. The highest BCUT2D eigenvalue weighted by Crippen LogP contribution is 2.16. The van der Waals surface area contributed by atoms with Crippen molar-refractivity contribution >= 4 is 11.6 Å². The molecule has 0 aliphatic carbocycles. The van der Waals surface area contributed by atoms with E-state index in [2.05, 4.69) is 4.90 Å². The maximum absolute atomic E-state index is 5.82. The van der Waals surface area contributed by atoms with Crippen molar-refractivity contribution in [3.05, 3.63) is 0 Å². The van der Waals surface area contributed by atoms with Gasteiger partial charge in [0.1, 0.15) is 0 Å². The molecular formula is C11H22ClNO2. The molecule has 3 nitrogen and oxygen atoms in total. The zero-order valence-electron chi connectivity index (χ0n) is 9.58. The number of methoxy groups -OCH3 is 1. The molecular weight excluding hydrogens is 214 g/mol. The molecule has 90 valence electrons. The minimum absolute atomic E-state index is 0.695. The lowest BCUT2D eigenvalue weighted by atomic mass is 10.2. The first-order valence-electron chi connectivity index (χ1n) is 5.71. The summed E-state index contributed by atoms with van der Waals surface area (Å²) in [6, 6.07) is 0. The van der Waals surface area contributed by atoms with Crippen LogP contribution in [0.25, 0.3) is 0 Å². The number of hydrogen-bond acceptors (Lipinski definition) is 3. The average Bonchev–Trinajstić information content (AvgIpc) is 2.71. The Kier molecular flexibility index (Phi) is 7.36. The summed E-state index contributed by atoms with van der Waals surface area (Å²) < 4.78 is 10.5. The molecule has 0 aromatic heterocycles. The standard InChI is InChI=1S/C11H22ClNO2/c1-14-6-2-7-15-8-5-13-4-3-11(9-12)10-13/h11H,2-10H2,1H3. The Morgan fingerprint density at radius 2 is 2.20 bits per heavy atom. The molecule has 1 heterocycles. The first kappa shape index (κ1) is 13.2. The van der Waals surface area contributed by atoms with Crippen LogP contribution in [0, 0.1) is 5.92 Å². The topological polar surface area (TPSA) is 21.7 Å². The van der Waals surface area contributed by atoms with Crippen LogP contribution in [0.15, 0.2) is 0 Å². The van der Waals surface area contributed by atoms with Gasteiger partial charge in [-0.25, -0.2) is 0 Å². The number of ether oxygens (including phenoxy) is 2. The highest BCUT2D eigenvalue weighted by atomic mass is 35.5. The molecule has 1 unspecified atom stereocenters. The summed E-state index contributed by atoms with van der Waals surface area (Å²) in [5.74, 6) is 1.49. The lowest BCUT2D eigenvalue weighted by Crippen LogP contribution is -2.25. The SMILES string of the molecule is COCCCOCCN1CCC(CCl)C1. The van der Waals surface area contributed by atoms with Crippen molar-refractivity contribution in [2.24, 2.45) is 5.92 Å². The zero-order chi connectivity index (χ0) is 10.9. The molecule has 0 bridgehead atoms. The Labute approximate surface area is 97.7 Å². The molecule has 0 aromatic carbocycles. The Hall–Kier alpha value is 0.170. The fourth-order valence-electron chi connectivity index (χ4n) is 1.84. The van der Waals surface area contributed by atoms with Gasteiger partial charge in [0.15, 0.2) is 0 Å². The summed E-state index contributed by atoms with van der Waals surface area (Å²) in [5.41, 5.74) is 0. The summed E-state index contributed by atoms with van der Waals surface area (Å²) in [5, 5.41) is 0. The van der Waals surface area contributed by atoms with E-state index in [1.165, 1.54) is 13.0 Å². The van der Waals surface area contributed by atoms with Crippen LogP contribution in [-0.4, -0.2) is 57.3 Å². The smallest absolute Gasteiger partial charge is 0.0593 e. The molecule has 1 atom stereocenters. The summed E-state index contributed by atoms with van der Waals surface area (Å²) in [7, 11) is 1.72. The number of hydrogen-bond donors (Lipinski definition) is 0. The minimum Gasteiger partial charge on any atom is -0.385 e. The van der Waals surface area contributed by atoms with Gasteiger partial charge in [0.05, 0.1) is 6.61 Å². The maximum atomic E-state index is 5.82. The largest absolute Gasteiger partial charge is 0.385 e. The highest BCUT2D eigenvalue weighted by molar-refractivity contribution is 6.18. The van der Waals surface area contributed by atoms with E-state index in [1.807, 2.05) is 0 Å². The normalized spacial score (nSPS) is 22.4. The van der Waals surface area contributed by atoms with Gasteiger partial charge in [0.25, 0.3) is 0 Å². The van der Waals surface area contributed by atoms with Crippen molar-refractivity contribution in [1.29, 1.82) is 0 Å². The fourth-order valence-corrected chi connectivity index (χ4v) is 2.09. The van der Waals surface area contributed by atoms with Crippen LogP contribution in [0.1, 0.15) is 12.8 Å². The molecule has 1 aliphatic rings. The highest BCUT2D eigenvalue weighted by Gasteiger charge is 2.20. The van der Waals surface area contributed by atoms with Crippen LogP contribution in [0.2, 0.25) is 0 Å². The van der Waals surface area contributed by atoms with Crippen molar-refractivity contribution in [3.63, 3.8) is 0 Å². The maximum Gasteiger partial charge on any atom is 0.0593 e. The molecule has 0 amide bonds. The second kappa shape index (κ2) is 8.34. The van der Waals surface area contributed by atoms with E-state index in [-0.39, 0.29) is 0 Å². The van der Waals surface area contributed by atoms with Gasteiger partial charge in [-0.05, 0) is 25.3 Å². The van der Waals surface area contributed by atoms with Gasteiger partial charge in [-0.3, -0.25) is 0 Å². The van der Waals surface area contributed by atoms with E-state index in [0.29, 0.717) is 5.92 Å². The molecule has 1 fully saturated rings. The lowest BCUT2D eigenvalue weighted by molar-refractivity contribution is 0.0879. The lowest BCUT2D eigenvalue weighted by Gasteiger charge is -2.15. The molecule has 1 rings (SSSR count). The quantitative estimate of drug-likeness (QED) is 0.471. The van der Waals surface area contributed by atoms with Gasteiger partial charge >= 0.3 is 0 Å². The van der Waals surface area contributed by atoms with Crippen LogP contribution < -0.4 is 0 Å². The number of rotatable bonds is 8. The van der Waals surface area contributed by atoms with Gasteiger partial charge in [-0.1, -0.05) is 0 Å². The Morgan fingerprint density at radius 3 is 2.87 bits per heavy atom. The Morgan fingerprint density at radius 1 is 1.33 bits per heavy atom. The predicted octanol–water partition coefficient (Wildman–Crippen LogP) is 1.60. The van der Waals surface area contributed by atoms with Crippen molar-refractivity contribution in [3.8, 4) is 0 Å². The summed E-state index contributed by atoms with van der Waals surface area (Å²) in [6.07, 6.45) is 2.23. The number of alkyl halides is 1. The Bertz CT molecular complexity index is 158. The zero-order valence-corrected chi connectivity index (χ0v) is 10.3. The molecule has 4 heteroatoms. The molecule has 1 saturated heterocycles. The fraction of sp³-hybridized carbons (Fsp3) is 1.00. The summed E-state index contributed by atoms with van der Waals surface area (Å²) >= 11 is 5.82. The summed E-state index contributed by atoms with van der Waals surface area (Å²) in [4.78, 5) is 2.43. The third-order valence-corrected chi connectivity index (χ3v) is 3.21. The van der Waals surface area contributed by atoms with E-state index < -0.39 is 0 Å². The van der Waals surface area contributed by atoms with Gasteiger partial charge in [0, 0.05) is 39.3 Å². The Balaban J connectivity index is 1.88. The van der Waals surface area contributed by atoms with Crippen LogP contribution in [0.4, 0.5) is 0 Å². The average molecular weight is 236 g/mol. The number of halogens is 1. The van der Waals surface area contributed by atoms with Crippen molar-refractivity contribution in [2.75, 3.05) is 52.4 Å². The van der Waals surface area contributed by atoms with Crippen LogP contribution >= 0.6 is 11.6 Å².